The molecule has 1 fully saturated rings. The minimum Gasteiger partial charge on any atom is -0.383 e. The highest BCUT2D eigenvalue weighted by Gasteiger charge is 2.23. The lowest BCUT2D eigenvalue weighted by atomic mass is 10.1. The highest BCUT2D eigenvalue weighted by atomic mass is 32.2. The molecule has 0 atom stereocenters. The number of sulfonamides is 1. The van der Waals surface area contributed by atoms with Crippen LogP contribution in [0, 0.1) is 5.82 Å². The van der Waals surface area contributed by atoms with Crippen molar-refractivity contribution in [2.45, 2.75) is 51.5 Å². The van der Waals surface area contributed by atoms with Crippen LogP contribution in [0.2, 0.25) is 0 Å². The summed E-state index contributed by atoms with van der Waals surface area (Å²) in [6, 6.07) is 4.82. The lowest BCUT2D eigenvalue weighted by molar-refractivity contribution is 0.532. The zero-order valence-electron chi connectivity index (χ0n) is 16.9. The Morgan fingerprint density at radius 2 is 2.03 bits per heavy atom. The van der Waals surface area contributed by atoms with E-state index in [9.17, 15) is 12.8 Å². The number of unbranched alkanes of at least 4 members (excludes halogenated alkanes) is 1. The van der Waals surface area contributed by atoms with Crippen molar-refractivity contribution < 1.29 is 12.8 Å². The summed E-state index contributed by atoms with van der Waals surface area (Å²) in [6.45, 7) is 1.91. The van der Waals surface area contributed by atoms with Crippen LogP contribution in [0.25, 0.3) is 22.2 Å². The second-order valence-electron chi connectivity index (χ2n) is 7.81. The smallest absolute Gasteiger partial charge is 0.232 e. The zero-order chi connectivity index (χ0) is 21.3. The Morgan fingerprint density at radius 1 is 1.27 bits per heavy atom. The van der Waals surface area contributed by atoms with Gasteiger partial charge in [-0.1, -0.05) is 32.3 Å². The number of nitrogen functional groups attached to an aromatic ring is 1. The largest absolute Gasteiger partial charge is 0.383 e. The molecule has 0 amide bonds. The van der Waals surface area contributed by atoms with E-state index in [-0.39, 0.29) is 11.4 Å². The van der Waals surface area contributed by atoms with Crippen LogP contribution in [0.15, 0.2) is 30.7 Å². The number of nitrogens with two attached hydrogens (primary N) is 1. The van der Waals surface area contributed by atoms with Crippen LogP contribution in [0.1, 0.15) is 51.5 Å². The molecule has 0 spiro atoms. The minimum absolute atomic E-state index is 0.0343. The Labute approximate surface area is 175 Å². The second-order valence-corrected chi connectivity index (χ2v) is 9.66. The zero-order valence-corrected chi connectivity index (χ0v) is 17.8. The maximum absolute atomic E-state index is 14.8. The van der Waals surface area contributed by atoms with E-state index in [1.807, 2.05) is 13.1 Å². The predicted octanol–water partition coefficient (Wildman–Crippen LogP) is 4.48. The molecule has 1 aliphatic rings. The summed E-state index contributed by atoms with van der Waals surface area (Å²) in [5.74, 6) is -0.325. The van der Waals surface area contributed by atoms with Crippen LogP contribution in [0.3, 0.4) is 0 Å². The third-order valence-electron chi connectivity index (χ3n) is 5.67. The second kappa shape index (κ2) is 8.22. The molecule has 9 heteroatoms. The highest BCUT2D eigenvalue weighted by molar-refractivity contribution is 7.92. The van der Waals surface area contributed by atoms with E-state index in [0.717, 1.165) is 30.5 Å². The van der Waals surface area contributed by atoms with Crippen molar-refractivity contribution in [2.24, 2.45) is 0 Å². The number of halogens is 1. The number of hydrogen-bond acceptors (Lipinski definition) is 5. The van der Waals surface area contributed by atoms with Crippen LogP contribution in [-0.2, 0) is 10.0 Å². The number of fused-ring (bicyclic) bond motifs is 1. The molecule has 2 heterocycles. The topological polar surface area (TPSA) is 103 Å². The first kappa shape index (κ1) is 20.6. The summed E-state index contributed by atoms with van der Waals surface area (Å²) in [5, 5.41) is 0.695. The summed E-state index contributed by atoms with van der Waals surface area (Å²) < 4.78 is 43.5. The lowest BCUT2D eigenvalue weighted by Gasteiger charge is -2.12. The molecule has 1 saturated carbocycles. The van der Waals surface area contributed by atoms with E-state index in [1.54, 1.807) is 6.07 Å². The fourth-order valence-corrected chi connectivity index (χ4v) is 5.38. The van der Waals surface area contributed by atoms with Crippen LogP contribution in [-0.4, -0.2) is 28.7 Å². The SMILES string of the molecule is CCCCS(=O)(=O)Nc1ccc(-c2cn(C3CCCC3)c3ncnc(N)c23)cc1F. The Bertz CT molecular complexity index is 1170. The van der Waals surface area contributed by atoms with Crippen LogP contribution < -0.4 is 10.5 Å². The fourth-order valence-electron chi connectivity index (χ4n) is 4.11. The van der Waals surface area contributed by atoms with Crippen molar-refractivity contribution in [3.05, 3.63) is 36.5 Å². The Hall–Kier alpha value is -2.68. The maximum Gasteiger partial charge on any atom is 0.232 e. The van der Waals surface area contributed by atoms with Gasteiger partial charge in [0.1, 0.15) is 23.6 Å². The standard InChI is InChI=1S/C21H26FN5O2S/c1-2-3-10-30(28,29)26-18-9-8-14(11-17(18)22)16-12-27(15-6-4-5-7-15)21-19(16)20(23)24-13-25-21/h8-9,11-13,15,26H,2-7,10H2,1H3,(H2,23,24,25). The van der Waals surface area contributed by atoms with E-state index >= 15 is 0 Å². The molecule has 0 unspecified atom stereocenters. The molecule has 0 bridgehead atoms. The average Bonchev–Trinajstić information content (AvgIpc) is 3.36. The molecule has 160 valence electrons. The molecule has 3 N–H and O–H groups in total. The van der Waals surface area contributed by atoms with E-state index in [1.165, 1.54) is 31.3 Å². The third kappa shape index (κ3) is 3.98. The molecule has 3 aromatic rings. The van der Waals surface area contributed by atoms with Crippen molar-refractivity contribution in [3.8, 4) is 11.1 Å². The average molecular weight is 432 g/mol. The van der Waals surface area contributed by atoms with Gasteiger partial charge in [0.05, 0.1) is 16.8 Å². The number of benzene rings is 1. The van der Waals surface area contributed by atoms with Gasteiger partial charge in [-0.25, -0.2) is 22.8 Å². The summed E-state index contributed by atoms with van der Waals surface area (Å²) in [4.78, 5) is 8.55. The Balaban J connectivity index is 1.73. The molecule has 1 aromatic carbocycles. The van der Waals surface area contributed by atoms with Gasteiger partial charge in [0.15, 0.2) is 0 Å². The summed E-state index contributed by atoms with van der Waals surface area (Å²) in [6.07, 6.45) is 9.16. The van der Waals surface area contributed by atoms with E-state index in [2.05, 4.69) is 19.3 Å². The van der Waals surface area contributed by atoms with Crippen LogP contribution in [0.5, 0.6) is 0 Å². The first-order valence-electron chi connectivity index (χ1n) is 10.3. The van der Waals surface area contributed by atoms with Gasteiger partial charge >= 0.3 is 0 Å². The summed E-state index contributed by atoms with van der Waals surface area (Å²) in [5.41, 5.74) is 8.19. The van der Waals surface area contributed by atoms with Gasteiger partial charge in [-0.15, -0.1) is 0 Å². The summed E-state index contributed by atoms with van der Waals surface area (Å²) >= 11 is 0. The van der Waals surface area contributed by atoms with Crippen molar-refractivity contribution >= 4 is 32.6 Å². The van der Waals surface area contributed by atoms with Crippen LogP contribution in [0.4, 0.5) is 15.9 Å². The van der Waals surface area contributed by atoms with Crippen molar-refractivity contribution in [1.82, 2.24) is 14.5 Å². The molecule has 1 aliphatic carbocycles. The quantitative estimate of drug-likeness (QED) is 0.574. The molecule has 2 aromatic heterocycles. The molecule has 7 nitrogen and oxygen atoms in total. The van der Waals surface area contributed by atoms with Gasteiger partial charge < -0.3 is 10.3 Å². The van der Waals surface area contributed by atoms with Gasteiger partial charge in [0.2, 0.25) is 10.0 Å². The lowest BCUT2D eigenvalue weighted by Crippen LogP contribution is -2.17. The maximum atomic E-state index is 14.8. The highest BCUT2D eigenvalue weighted by Crippen LogP contribution is 2.39. The minimum atomic E-state index is -3.58. The molecule has 0 aliphatic heterocycles. The van der Waals surface area contributed by atoms with Gasteiger partial charge in [-0.3, -0.25) is 4.72 Å². The summed E-state index contributed by atoms with van der Waals surface area (Å²) in [7, 11) is -3.58. The Morgan fingerprint density at radius 3 is 2.73 bits per heavy atom. The van der Waals surface area contributed by atoms with Crippen LogP contribution >= 0.6 is 0 Å². The van der Waals surface area contributed by atoms with Crippen molar-refractivity contribution in [1.29, 1.82) is 0 Å². The number of nitrogens with zero attached hydrogens (tertiary/aromatic N) is 3. The number of anilines is 2. The van der Waals surface area contributed by atoms with Gasteiger partial charge in [0, 0.05) is 17.8 Å². The first-order valence-corrected chi connectivity index (χ1v) is 12.0. The van der Waals surface area contributed by atoms with Gasteiger partial charge in [-0.2, -0.15) is 0 Å². The van der Waals surface area contributed by atoms with Gasteiger partial charge in [0.25, 0.3) is 0 Å². The number of hydrogen-bond donors (Lipinski definition) is 2. The molecule has 0 radical (unpaired) electrons. The molecular formula is C21H26FN5O2S. The molecule has 0 saturated heterocycles. The normalized spacial score (nSPS) is 15.1. The first-order chi connectivity index (χ1) is 14.4. The van der Waals surface area contributed by atoms with E-state index < -0.39 is 15.8 Å². The molecular weight excluding hydrogens is 405 g/mol. The fraction of sp³-hybridized carbons (Fsp3) is 0.429. The van der Waals surface area contributed by atoms with Crippen molar-refractivity contribution in [2.75, 3.05) is 16.2 Å². The van der Waals surface area contributed by atoms with Crippen molar-refractivity contribution in [3.63, 3.8) is 0 Å². The third-order valence-corrected chi connectivity index (χ3v) is 7.03. The van der Waals surface area contributed by atoms with Gasteiger partial charge in [-0.05, 0) is 37.0 Å². The number of aromatic nitrogens is 3. The van der Waals surface area contributed by atoms with E-state index in [4.69, 9.17) is 5.73 Å². The molecule has 30 heavy (non-hydrogen) atoms. The predicted molar refractivity (Wildman–Crippen MR) is 117 cm³/mol. The monoisotopic (exact) mass is 431 g/mol. The number of rotatable bonds is 7. The Kier molecular flexibility index (Phi) is 5.64. The number of nitrogens with one attached hydrogen (secondary N) is 1. The molecule has 4 rings (SSSR count). The van der Waals surface area contributed by atoms with E-state index in [0.29, 0.717) is 29.2 Å².